The molecule has 0 amide bonds. The lowest BCUT2D eigenvalue weighted by Crippen LogP contribution is -1.80. The first kappa shape index (κ1) is 3.04. The molecule has 1 aromatic heterocycles. The molecule has 0 aliphatic heterocycles. The SMILES string of the molecule is Nc1nc#co1. The smallest absolute Gasteiger partial charge is 0.310 e. The van der Waals surface area contributed by atoms with Crippen LogP contribution >= 0.6 is 0 Å². The lowest BCUT2D eigenvalue weighted by Gasteiger charge is -1.66. The predicted octanol–water partition coefficient (Wildman–Crippen LogP) is -0.143. The van der Waals surface area contributed by atoms with Crippen LogP contribution in [0.1, 0.15) is 0 Å². The Morgan fingerprint density at radius 2 is 2.67 bits per heavy atom. The van der Waals surface area contributed by atoms with Gasteiger partial charge in [0.25, 0.3) is 0 Å². The average molecular weight is 82.1 g/mol. The predicted molar refractivity (Wildman–Crippen MR) is 18.6 cm³/mol. The summed E-state index contributed by atoms with van der Waals surface area (Å²) < 4.78 is 4.32. The minimum Gasteiger partial charge on any atom is -0.369 e. The van der Waals surface area contributed by atoms with E-state index in [2.05, 4.69) is 21.9 Å². The highest BCUT2D eigenvalue weighted by atomic mass is 16.3. The van der Waals surface area contributed by atoms with Gasteiger partial charge in [-0.15, -0.1) is 4.98 Å². The van der Waals surface area contributed by atoms with Crippen LogP contribution in [-0.4, -0.2) is 4.98 Å². The summed E-state index contributed by atoms with van der Waals surface area (Å²) in [4.78, 5) is 3.35. The molecule has 30 valence electrons. The number of nitrogen functional groups attached to an aromatic ring is 1. The van der Waals surface area contributed by atoms with E-state index in [1.165, 1.54) is 0 Å². The fraction of sp³-hybridized carbons (Fsp3) is 0. The highest BCUT2D eigenvalue weighted by molar-refractivity contribution is 5.02. The van der Waals surface area contributed by atoms with E-state index in [1.54, 1.807) is 0 Å². The third-order valence-electron chi connectivity index (χ3n) is 0.367. The van der Waals surface area contributed by atoms with Crippen LogP contribution in [-0.2, 0) is 0 Å². The van der Waals surface area contributed by atoms with E-state index >= 15 is 0 Å². The Bertz CT molecular complexity index is 112. The Morgan fingerprint density at radius 3 is 2.83 bits per heavy atom. The summed E-state index contributed by atoms with van der Waals surface area (Å²) in [7, 11) is 0. The second-order valence-electron chi connectivity index (χ2n) is 0.766. The van der Waals surface area contributed by atoms with Crippen molar-refractivity contribution in [1.82, 2.24) is 4.98 Å². The fourth-order valence-corrected chi connectivity index (χ4v) is 0.176. The molecule has 0 spiro atoms. The van der Waals surface area contributed by atoms with E-state index in [9.17, 15) is 0 Å². The van der Waals surface area contributed by atoms with Gasteiger partial charge in [-0.1, -0.05) is 0 Å². The first-order valence-electron chi connectivity index (χ1n) is 1.39. The van der Waals surface area contributed by atoms with E-state index in [0.29, 0.717) is 0 Å². The van der Waals surface area contributed by atoms with E-state index in [-0.39, 0.29) is 6.01 Å². The summed E-state index contributed by atoms with van der Waals surface area (Å²) in [6.07, 6.45) is 4.46. The van der Waals surface area contributed by atoms with Crippen LogP contribution in [0.5, 0.6) is 0 Å². The van der Waals surface area contributed by atoms with Crippen molar-refractivity contribution in [3.63, 3.8) is 0 Å². The van der Waals surface area contributed by atoms with Gasteiger partial charge in [-0.3, -0.25) is 0 Å². The molecule has 0 aromatic carbocycles. The molecule has 0 radical (unpaired) electrons. The molecule has 0 saturated heterocycles. The Morgan fingerprint density at radius 1 is 1.83 bits per heavy atom. The largest absolute Gasteiger partial charge is 0.369 e. The van der Waals surface area contributed by atoms with Crippen molar-refractivity contribution in [1.29, 1.82) is 0 Å². The topological polar surface area (TPSA) is 52.0 Å². The first-order chi connectivity index (χ1) is 2.89. The van der Waals surface area contributed by atoms with Crippen molar-refractivity contribution in [2.24, 2.45) is 0 Å². The van der Waals surface area contributed by atoms with Crippen molar-refractivity contribution in [2.75, 3.05) is 5.73 Å². The summed E-state index contributed by atoms with van der Waals surface area (Å²) in [5.74, 6) is 0. The molecule has 3 nitrogen and oxygen atoms in total. The molecule has 2 N–H and O–H groups in total. The number of hydrogen-bond acceptors (Lipinski definition) is 3. The van der Waals surface area contributed by atoms with E-state index < -0.39 is 0 Å². The molecule has 0 unspecified atom stereocenters. The molecule has 0 aliphatic rings. The summed E-state index contributed by atoms with van der Waals surface area (Å²) >= 11 is 0. The zero-order valence-corrected chi connectivity index (χ0v) is 2.93. The monoisotopic (exact) mass is 82.0 g/mol. The van der Waals surface area contributed by atoms with Crippen LogP contribution in [0, 0.1) is 12.5 Å². The molecule has 0 saturated carbocycles. The number of hydrogen-bond donors (Lipinski definition) is 1. The van der Waals surface area contributed by atoms with Gasteiger partial charge in [0, 0.05) is 0 Å². The third kappa shape index (κ3) is 0.279. The zero-order valence-electron chi connectivity index (χ0n) is 2.93. The second-order valence-corrected chi connectivity index (χ2v) is 0.766. The molecular formula is C3H2N2O. The normalized spacial score (nSPS) is 7.33. The number of rotatable bonds is 0. The van der Waals surface area contributed by atoms with Gasteiger partial charge in [0.05, 0.1) is 6.20 Å². The maximum atomic E-state index is 4.94. The first-order valence-corrected chi connectivity index (χ1v) is 1.39. The molecule has 3 heteroatoms. The maximum absolute atomic E-state index is 4.94. The van der Waals surface area contributed by atoms with Crippen LogP contribution < -0.4 is 5.73 Å². The molecule has 1 heterocycles. The van der Waals surface area contributed by atoms with Gasteiger partial charge in [0.2, 0.25) is 0 Å². The van der Waals surface area contributed by atoms with Crippen molar-refractivity contribution in [2.45, 2.75) is 0 Å². The van der Waals surface area contributed by atoms with Crippen molar-refractivity contribution in [3.8, 4) is 0 Å². The van der Waals surface area contributed by atoms with Gasteiger partial charge in [-0.25, -0.2) is 0 Å². The van der Waals surface area contributed by atoms with Gasteiger partial charge in [0.1, 0.15) is 6.26 Å². The Hall–Kier alpha value is -1.17. The summed E-state index contributed by atoms with van der Waals surface area (Å²) in [6.45, 7) is 0. The second kappa shape index (κ2) is 0.902. The van der Waals surface area contributed by atoms with Crippen LogP contribution in [0.2, 0.25) is 0 Å². The Kier molecular flexibility index (Phi) is 0.457. The van der Waals surface area contributed by atoms with E-state index in [0.717, 1.165) is 0 Å². The van der Waals surface area contributed by atoms with Crippen LogP contribution in [0.4, 0.5) is 6.01 Å². The Balaban J connectivity index is 3.05. The summed E-state index contributed by atoms with van der Waals surface area (Å²) in [5, 5.41) is 0. The van der Waals surface area contributed by atoms with Gasteiger partial charge < -0.3 is 10.2 Å². The van der Waals surface area contributed by atoms with Crippen LogP contribution in [0.25, 0.3) is 0 Å². The van der Waals surface area contributed by atoms with Crippen molar-refractivity contribution in [3.05, 3.63) is 12.5 Å². The molecule has 6 heavy (non-hydrogen) atoms. The zero-order chi connectivity index (χ0) is 4.41. The fourth-order valence-electron chi connectivity index (χ4n) is 0.176. The van der Waals surface area contributed by atoms with Crippen LogP contribution in [0.3, 0.4) is 0 Å². The van der Waals surface area contributed by atoms with E-state index in [1.807, 2.05) is 0 Å². The van der Waals surface area contributed by atoms with Gasteiger partial charge in [-0.05, 0) is 0 Å². The third-order valence-corrected chi connectivity index (χ3v) is 0.367. The number of aromatic nitrogens is 1. The molecule has 0 fully saturated rings. The number of nitrogens with zero attached hydrogens (tertiary/aromatic N) is 1. The number of anilines is 1. The van der Waals surface area contributed by atoms with Gasteiger partial charge in [-0.2, -0.15) is 0 Å². The molecule has 0 bridgehead atoms. The van der Waals surface area contributed by atoms with E-state index in [4.69, 9.17) is 5.73 Å². The summed E-state index contributed by atoms with van der Waals surface area (Å²) in [5.41, 5.74) is 4.94. The van der Waals surface area contributed by atoms with Crippen molar-refractivity contribution >= 4 is 6.01 Å². The standard InChI is InChI=1S/C3H2N2O/c4-3-5-1-2-6-3/h(H2,4,5). The minimum atomic E-state index is 0.106. The minimum absolute atomic E-state index is 0.106. The average Bonchev–Trinajstić information content (AvgIpc) is 1.86. The highest BCUT2D eigenvalue weighted by Gasteiger charge is 1.76. The van der Waals surface area contributed by atoms with Crippen molar-refractivity contribution < 1.29 is 4.42 Å². The lowest BCUT2D eigenvalue weighted by molar-refractivity contribution is 0.577. The molecule has 1 rings (SSSR count). The molecule has 0 aliphatic carbocycles. The quantitative estimate of drug-likeness (QED) is 0.473. The number of nitrogens with two attached hydrogens (primary N) is 1. The molecule has 0 atom stereocenters. The van der Waals surface area contributed by atoms with Crippen LogP contribution in [0.15, 0.2) is 4.42 Å². The Labute approximate surface area is 34.8 Å². The van der Waals surface area contributed by atoms with Gasteiger partial charge >= 0.3 is 6.01 Å². The lowest BCUT2D eigenvalue weighted by atomic mass is 11.2. The highest BCUT2D eigenvalue weighted by Crippen LogP contribution is 1.83. The molecule has 1 aromatic rings. The molecular weight excluding hydrogens is 80.0 g/mol. The maximum Gasteiger partial charge on any atom is 0.310 e. The van der Waals surface area contributed by atoms with Gasteiger partial charge in [0.15, 0.2) is 0 Å². The summed E-state index contributed by atoms with van der Waals surface area (Å²) in [6, 6.07) is 0.106.